The third kappa shape index (κ3) is 3.50. The highest BCUT2D eigenvalue weighted by atomic mass is 32.1. The van der Waals surface area contributed by atoms with E-state index in [2.05, 4.69) is 10.3 Å². The van der Waals surface area contributed by atoms with Gasteiger partial charge < -0.3 is 15.0 Å². The summed E-state index contributed by atoms with van der Waals surface area (Å²) in [4.78, 5) is 29.3. The Morgan fingerprint density at radius 1 is 1.38 bits per heavy atom. The standard InChI is InChI=1S/C16H14F3N3O3S/c1-25-15(24)9-6-8-26-14(9)22-7-5-10(13(22)23)20-12-4-2-3-11(21-12)16(17,18)19/h2-4,6,8,10H,5,7H2,1H3,(H,20,21). The van der Waals surface area contributed by atoms with E-state index in [4.69, 9.17) is 4.74 Å². The number of nitrogens with one attached hydrogen (secondary N) is 1. The molecule has 1 unspecified atom stereocenters. The average molecular weight is 385 g/mol. The first-order valence-electron chi connectivity index (χ1n) is 7.59. The molecule has 1 saturated heterocycles. The van der Waals surface area contributed by atoms with E-state index in [1.54, 1.807) is 11.4 Å². The second-order valence-corrected chi connectivity index (χ2v) is 6.41. The maximum Gasteiger partial charge on any atom is 0.433 e. The van der Waals surface area contributed by atoms with Crippen molar-refractivity contribution in [3.8, 4) is 0 Å². The monoisotopic (exact) mass is 385 g/mol. The molecule has 0 aliphatic carbocycles. The first-order valence-corrected chi connectivity index (χ1v) is 8.47. The lowest BCUT2D eigenvalue weighted by molar-refractivity contribution is -0.141. The molecule has 10 heteroatoms. The number of thiophene rings is 1. The van der Waals surface area contributed by atoms with Gasteiger partial charge >= 0.3 is 12.1 Å². The fourth-order valence-electron chi connectivity index (χ4n) is 2.64. The number of anilines is 2. The maximum absolute atomic E-state index is 12.8. The third-order valence-corrected chi connectivity index (χ3v) is 4.80. The fourth-order valence-corrected chi connectivity index (χ4v) is 3.56. The van der Waals surface area contributed by atoms with Crippen molar-refractivity contribution in [2.45, 2.75) is 18.6 Å². The quantitative estimate of drug-likeness (QED) is 0.819. The van der Waals surface area contributed by atoms with Crippen LogP contribution in [-0.4, -0.2) is 36.6 Å². The fraction of sp³-hybridized carbons (Fsp3) is 0.312. The van der Waals surface area contributed by atoms with Crippen LogP contribution in [0.3, 0.4) is 0 Å². The summed E-state index contributed by atoms with van der Waals surface area (Å²) in [6.07, 6.45) is -4.19. The van der Waals surface area contributed by atoms with E-state index >= 15 is 0 Å². The van der Waals surface area contributed by atoms with Crippen LogP contribution >= 0.6 is 11.3 Å². The predicted molar refractivity (Wildman–Crippen MR) is 89.3 cm³/mol. The number of amides is 1. The molecule has 0 aromatic carbocycles. The molecular formula is C16H14F3N3O3S. The first kappa shape index (κ1) is 18.2. The molecule has 1 amide bonds. The molecule has 0 bridgehead atoms. The normalized spacial score (nSPS) is 17.5. The minimum Gasteiger partial charge on any atom is -0.465 e. The van der Waals surface area contributed by atoms with E-state index < -0.39 is 23.9 Å². The molecule has 1 N–H and O–H groups in total. The van der Waals surface area contributed by atoms with Gasteiger partial charge in [0.15, 0.2) is 0 Å². The van der Waals surface area contributed by atoms with Crippen LogP contribution in [0.5, 0.6) is 0 Å². The molecule has 6 nitrogen and oxygen atoms in total. The molecule has 26 heavy (non-hydrogen) atoms. The highest BCUT2D eigenvalue weighted by Crippen LogP contribution is 2.33. The number of rotatable bonds is 4. The van der Waals surface area contributed by atoms with Crippen LogP contribution < -0.4 is 10.2 Å². The van der Waals surface area contributed by atoms with Crippen LogP contribution in [0.1, 0.15) is 22.5 Å². The topological polar surface area (TPSA) is 71.5 Å². The number of hydrogen-bond acceptors (Lipinski definition) is 6. The number of halogens is 3. The number of hydrogen-bond donors (Lipinski definition) is 1. The zero-order valence-electron chi connectivity index (χ0n) is 13.5. The molecule has 1 aliphatic rings. The number of alkyl halides is 3. The predicted octanol–water partition coefficient (Wildman–Crippen LogP) is 3.17. The van der Waals surface area contributed by atoms with Gasteiger partial charge in [0, 0.05) is 6.54 Å². The Morgan fingerprint density at radius 2 is 2.15 bits per heavy atom. The zero-order valence-corrected chi connectivity index (χ0v) is 14.4. The summed E-state index contributed by atoms with van der Waals surface area (Å²) in [5.74, 6) is -0.916. The number of esters is 1. The number of carbonyl (C=O) groups is 2. The summed E-state index contributed by atoms with van der Waals surface area (Å²) < 4.78 is 43.0. The van der Waals surface area contributed by atoms with E-state index in [-0.39, 0.29) is 17.3 Å². The number of carbonyl (C=O) groups excluding carboxylic acids is 2. The van der Waals surface area contributed by atoms with Crippen LogP contribution in [0.4, 0.5) is 24.0 Å². The highest BCUT2D eigenvalue weighted by molar-refractivity contribution is 7.14. The molecule has 138 valence electrons. The van der Waals surface area contributed by atoms with Gasteiger partial charge in [0.25, 0.3) is 0 Å². The van der Waals surface area contributed by atoms with Crippen molar-refractivity contribution in [2.75, 3.05) is 23.9 Å². The molecule has 2 aromatic heterocycles. The van der Waals surface area contributed by atoms with Crippen molar-refractivity contribution < 1.29 is 27.5 Å². The molecule has 0 saturated carbocycles. The van der Waals surface area contributed by atoms with Crippen LogP contribution in [0.15, 0.2) is 29.6 Å². The molecular weight excluding hydrogens is 371 g/mol. The summed E-state index contributed by atoms with van der Waals surface area (Å²) in [7, 11) is 1.25. The minimum atomic E-state index is -4.56. The third-order valence-electron chi connectivity index (χ3n) is 3.86. The average Bonchev–Trinajstić information content (AvgIpc) is 3.21. The zero-order chi connectivity index (χ0) is 18.9. The van der Waals surface area contributed by atoms with Crippen molar-refractivity contribution in [3.63, 3.8) is 0 Å². The van der Waals surface area contributed by atoms with Gasteiger partial charge in [-0.05, 0) is 30.0 Å². The molecule has 3 heterocycles. The van der Waals surface area contributed by atoms with Gasteiger partial charge in [-0.15, -0.1) is 11.3 Å². The van der Waals surface area contributed by atoms with Gasteiger partial charge in [-0.1, -0.05) is 6.07 Å². The van der Waals surface area contributed by atoms with E-state index in [1.165, 1.54) is 35.5 Å². The molecule has 2 aromatic rings. The van der Waals surface area contributed by atoms with Gasteiger partial charge in [0.2, 0.25) is 5.91 Å². The van der Waals surface area contributed by atoms with Crippen molar-refractivity contribution in [1.29, 1.82) is 0 Å². The Hall–Kier alpha value is -2.62. The second kappa shape index (κ2) is 6.94. The molecule has 1 fully saturated rings. The second-order valence-electron chi connectivity index (χ2n) is 5.51. The van der Waals surface area contributed by atoms with Gasteiger partial charge in [-0.3, -0.25) is 4.79 Å². The van der Waals surface area contributed by atoms with Gasteiger partial charge in [0.1, 0.15) is 22.6 Å². The van der Waals surface area contributed by atoms with Crippen molar-refractivity contribution in [3.05, 3.63) is 40.9 Å². The van der Waals surface area contributed by atoms with Crippen molar-refractivity contribution in [2.24, 2.45) is 0 Å². The van der Waals surface area contributed by atoms with Crippen LogP contribution in [0.25, 0.3) is 0 Å². The first-order chi connectivity index (χ1) is 12.3. The Balaban J connectivity index is 1.76. The summed E-state index contributed by atoms with van der Waals surface area (Å²) in [5.41, 5.74) is -0.750. The SMILES string of the molecule is COC(=O)c1ccsc1N1CCC(Nc2cccc(C(F)(F)F)n2)C1=O. The Morgan fingerprint density at radius 3 is 2.85 bits per heavy atom. The largest absolute Gasteiger partial charge is 0.465 e. The van der Waals surface area contributed by atoms with Gasteiger partial charge in [-0.2, -0.15) is 13.2 Å². The number of aromatic nitrogens is 1. The smallest absolute Gasteiger partial charge is 0.433 e. The highest BCUT2D eigenvalue weighted by Gasteiger charge is 2.36. The number of pyridine rings is 1. The van der Waals surface area contributed by atoms with Crippen molar-refractivity contribution >= 4 is 34.0 Å². The summed E-state index contributed by atoms with van der Waals surface area (Å²) in [5, 5.41) is 4.88. The Labute approximate surface area is 150 Å². The lowest BCUT2D eigenvalue weighted by Gasteiger charge is -2.17. The van der Waals surface area contributed by atoms with Crippen LogP contribution in [0.2, 0.25) is 0 Å². The summed E-state index contributed by atoms with van der Waals surface area (Å²) >= 11 is 1.22. The van der Waals surface area contributed by atoms with E-state index in [1.807, 2.05) is 0 Å². The van der Waals surface area contributed by atoms with Crippen molar-refractivity contribution in [1.82, 2.24) is 4.98 Å². The summed E-state index contributed by atoms with van der Waals surface area (Å²) in [6.45, 7) is 0.333. The van der Waals surface area contributed by atoms with E-state index in [0.717, 1.165) is 6.07 Å². The van der Waals surface area contributed by atoms with Gasteiger partial charge in [0.05, 0.1) is 12.7 Å². The molecule has 0 spiro atoms. The number of ether oxygens (including phenoxy) is 1. The molecule has 3 rings (SSSR count). The number of nitrogens with zero attached hydrogens (tertiary/aromatic N) is 2. The molecule has 1 aliphatic heterocycles. The van der Waals surface area contributed by atoms with Gasteiger partial charge in [-0.25, -0.2) is 9.78 Å². The molecule has 0 radical (unpaired) electrons. The lowest BCUT2D eigenvalue weighted by Crippen LogP contribution is -2.34. The number of methoxy groups -OCH3 is 1. The maximum atomic E-state index is 12.8. The minimum absolute atomic E-state index is 0.0283. The Bertz CT molecular complexity index is 837. The van der Waals surface area contributed by atoms with Crippen LogP contribution in [-0.2, 0) is 15.7 Å². The van der Waals surface area contributed by atoms with E-state index in [9.17, 15) is 22.8 Å². The molecule has 1 atom stereocenters. The van der Waals surface area contributed by atoms with Crippen LogP contribution in [0, 0.1) is 0 Å². The lowest BCUT2D eigenvalue weighted by atomic mass is 10.2. The summed E-state index contributed by atoms with van der Waals surface area (Å²) in [6, 6.07) is 4.30. The Kier molecular flexibility index (Phi) is 4.86. The van der Waals surface area contributed by atoms with E-state index in [0.29, 0.717) is 18.0 Å².